The van der Waals surface area contributed by atoms with E-state index in [1.807, 2.05) is 0 Å². The first-order valence-corrected chi connectivity index (χ1v) is 9.35. The van der Waals surface area contributed by atoms with Gasteiger partial charge in [0.05, 0.1) is 17.1 Å². The monoisotopic (exact) mass is 470 g/mol. The molecule has 0 saturated heterocycles. The number of rotatable bonds is 6. The van der Waals surface area contributed by atoms with Crippen LogP contribution in [0.1, 0.15) is 47.8 Å². The molecule has 2 aromatic carbocycles. The van der Waals surface area contributed by atoms with Crippen LogP contribution in [0.4, 0.5) is 0 Å². The highest BCUT2D eigenvalue weighted by molar-refractivity contribution is 6.02. The van der Waals surface area contributed by atoms with E-state index in [0.717, 1.165) is 6.07 Å². The molecule has 0 aliphatic carbocycles. The molecular weight excluding hydrogens is 456 g/mol. The summed E-state index contributed by atoms with van der Waals surface area (Å²) in [5.41, 5.74) is -2.19. The molecule has 0 fully saturated rings. The Labute approximate surface area is 190 Å². The van der Waals surface area contributed by atoms with E-state index in [-0.39, 0.29) is 23.0 Å². The first kappa shape index (κ1) is 23.8. The number of fused-ring (bicyclic) bond motifs is 2. The topological polar surface area (TPSA) is 200 Å². The van der Waals surface area contributed by atoms with Crippen molar-refractivity contribution in [2.75, 3.05) is 0 Å². The SMILES string of the molecule is Cc1cc(O)c(C=O)c2c1C(=O)Oc1c(COC(=O)/C=C/C(=O)[O-])c([O-])c(C(=O)O)c(C)c1O2. The largest absolute Gasteiger partial charge is 0.872 e. The number of aliphatic carboxylic acids is 1. The Bertz CT molecular complexity index is 1300. The normalized spacial score (nSPS) is 12.1. The summed E-state index contributed by atoms with van der Waals surface area (Å²) in [5.74, 6) is -8.78. The van der Waals surface area contributed by atoms with Crippen molar-refractivity contribution < 1.29 is 58.6 Å². The first-order valence-electron chi connectivity index (χ1n) is 9.35. The number of aromatic hydroxyl groups is 1. The van der Waals surface area contributed by atoms with Crippen LogP contribution in [-0.2, 0) is 20.9 Å². The van der Waals surface area contributed by atoms with Crippen LogP contribution in [0.15, 0.2) is 18.2 Å². The minimum atomic E-state index is -1.69. The Kier molecular flexibility index (Phi) is 6.25. The molecule has 12 nitrogen and oxygen atoms in total. The Morgan fingerprint density at radius 3 is 2.38 bits per heavy atom. The Morgan fingerprint density at radius 1 is 1.12 bits per heavy atom. The van der Waals surface area contributed by atoms with Gasteiger partial charge in [0.1, 0.15) is 17.9 Å². The molecule has 0 saturated carbocycles. The lowest BCUT2D eigenvalue weighted by Gasteiger charge is -2.23. The number of aryl methyl sites for hydroxylation is 1. The molecule has 2 aromatic rings. The maximum absolute atomic E-state index is 12.9. The summed E-state index contributed by atoms with van der Waals surface area (Å²) in [6.07, 6.45) is 1.08. The third kappa shape index (κ3) is 4.11. The molecular formula is C22H14O12-2. The third-order valence-corrected chi connectivity index (χ3v) is 4.84. The van der Waals surface area contributed by atoms with Gasteiger partial charge in [-0.25, -0.2) is 14.4 Å². The number of phenolic OH excluding ortho intramolecular Hbond substituents is 1. The van der Waals surface area contributed by atoms with Crippen LogP contribution in [0.5, 0.6) is 28.7 Å². The second kappa shape index (κ2) is 8.94. The maximum Gasteiger partial charge on any atom is 0.347 e. The fraction of sp³-hybridized carbons (Fsp3) is 0.136. The number of esters is 2. The molecule has 0 radical (unpaired) electrons. The molecule has 1 aliphatic rings. The van der Waals surface area contributed by atoms with Gasteiger partial charge in [-0.1, -0.05) is 5.75 Å². The lowest BCUT2D eigenvalue weighted by atomic mass is 10.0. The number of phenols is 1. The number of carboxylic acid groups (broad SMARTS) is 2. The third-order valence-electron chi connectivity index (χ3n) is 4.84. The van der Waals surface area contributed by atoms with Crippen molar-refractivity contribution in [3.8, 4) is 28.7 Å². The van der Waals surface area contributed by atoms with E-state index < -0.39 is 75.9 Å². The van der Waals surface area contributed by atoms with Crippen molar-refractivity contribution in [1.82, 2.24) is 0 Å². The molecule has 0 unspecified atom stereocenters. The standard InChI is InChI=1S/C22H16O12/c1-8-5-12(24)10(6-23)19-15(8)22(31)34-20-11(7-32-14(27)4-3-13(25)26)17(28)16(21(29)30)9(2)18(20)33-19/h3-6,24,28H,7H2,1-2H3,(H,25,26)(H,29,30)/p-2/b4-3+. The van der Waals surface area contributed by atoms with Crippen LogP contribution < -0.4 is 19.7 Å². The molecule has 34 heavy (non-hydrogen) atoms. The van der Waals surface area contributed by atoms with Crippen LogP contribution >= 0.6 is 0 Å². The quantitative estimate of drug-likeness (QED) is 0.253. The zero-order valence-electron chi connectivity index (χ0n) is 17.5. The zero-order chi connectivity index (χ0) is 25.3. The minimum Gasteiger partial charge on any atom is -0.872 e. The average Bonchev–Trinajstić information content (AvgIpc) is 2.89. The van der Waals surface area contributed by atoms with E-state index in [2.05, 4.69) is 0 Å². The molecule has 0 atom stereocenters. The Morgan fingerprint density at radius 2 is 1.79 bits per heavy atom. The van der Waals surface area contributed by atoms with Crippen molar-refractivity contribution in [1.29, 1.82) is 0 Å². The summed E-state index contributed by atoms with van der Waals surface area (Å²) >= 11 is 0. The fourth-order valence-electron chi connectivity index (χ4n) is 3.30. The van der Waals surface area contributed by atoms with E-state index in [4.69, 9.17) is 14.2 Å². The number of aldehydes is 1. The second-order valence-corrected chi connectivity index (χ2v) is 6.97. The van der Waals surface area contributed by atoms with Gasteiger partial charge in [-0.2, -0.15) is 0 Å². The summed E-state index contributed by atoms with van der Waals surface area (Å²) in [6.45, 7) is 1.68. The summed E-state index contributed by atoms with van der Waals surface area (Å²) in [4.78, 5) is 58.4. The van der Waals surface area contributed by atoms with Gasteiger partial charge in [0.15, 0.2) is 23.5 Å². The van der Waals surface area contributed by atoms with Crippen LogP contribution in [0.3, 0.4) is 0 Å². The van der Waals surface area contributed by atoms with Crippen LogP contribution in [0.2, 0.25) is 0 Å². The lowest BCUT2D eigenvalue weighted by molar-refractivity contribution is -0.297. The average molecular weight is 470 g/mol. The summed E-state index contributed by atoms with van der Waals surface area (Å²) in [7, 11) is 0. The van der Waals surface area contributed by atoms with Gasteiger partial charge >= 0.3 is 17.9 Å². The second-order valence-electron chi connectivity index (χ2n) is 6.97. The van der Waals surface area contributed by atoms with Crippen molar-refractivity contribution in [2.45, 2.75) is 20.5 Å². The number of ether oxygens (including phenoxy) is 3. The number of carbonyl (C=O) groups is 5. The molecule has 1 aliphatic heterocycles. The summed E-state index contributed by atoms with van der Waals surface area (Å²) < 4.78 is 15.8. The van der Waals surface area contributed by atoms with Crippen LogP contribution in [0.25, 0.3) is 0 Å². The molecule has 12 heteroatoms. The Hall–Kier alpha value is -4.87. The van der Waals surface area contributed by atoms with Gasteiger partial charge in [-0.05, 0) is 31.6 Å². The number of benzene rings is 2. The molecule has 2 N–H and O–H groups in total. The maximum atomic E-state index is 12.9. The van der Waals surface area contributed by atoms with E-state index in [1.54, 1.807) is 0 Å². The van der Waals surface area contributed by atoms with Gasteiger partial charge in [0.25, 0.3) is 0 Å². The molecule has 0 bridgehead atoms. The lowest BCUT2D eigenvalue weighted by Crippen LogP contribution is -2.19. The highest BCUT2D eigenvalue weighted by Crippen LogP contribution is 2.49. The van der Waals surface area contributed by atoms with Crippen molar-refractivity contribution in [3.63, 3.8) is 0 Å². The molecule has 3 rings (SSSR count). The molecule has 0 aromatic heterocycles. The Balaban J connectivity index is 2.24. The molecule has 1 heterocycles. The van der Waals surface area contributed by atoms with Crippen molar-refractivity contribution in [3.05, 3.63) is 51.6 Å². The van der Waals surface area contributed by atoms with E-state index in [1.165, 1.54) is 13.8 Å². The zero-order valence-corrected chi connectivity index (χ0v) is 17.5. The van der Waals surface area contributed by atoms with Crippen LogP contribution in [-0.4, -0.2) is 40.4 Å². The van der Waals surface area contributed by atoms with Crippen molar-refractivity contribution in [2.24, 2.45) is 0 Å². The van der Waals surface area contributed by atoms with Gasteiger partial charge in [-0.15, -0.1) is 0 Å². The van der Waals surface area contributed by atoms with Gasteiger partial charge < -0.3 is 39.4 Å². The molecule has 176 valence electrons. The first-order chi connectivity index (χ1) is 16.0. The molecule has 0 amide bonds. The number of carboxylic acids is 2. The number of hydrogen-bond acceptors (Lipinski definition) is 11. The number of carbonyl (C=O) groups excluding carboxylic acids is 4. The highest BCUT2D eigenvalue weighted by atomic mass is 16.6. The minimum absolute atomic E-state index is 0.148. The van der Waals surface area contributed by atoms with E-state index >= 15 is 0 Å². The van der Waals surface area contributed by atoms with Gasteiger partial charge in [0.2, 0.25) is 0 Å². The smallest absolute Gasteiger partial charge is 0.347 e. The number of hydrogen-bond donors (Lipinski definition) is 2. The summed E-state index contributed by atoms with van der Waals surface area (Å²) in [5, 5.41) is 43.0. The molecule has 0 spiro atoms. The predicted octanol–water partition coefficient (Wildman–Crippen LogP) is 0.268. The van der Waals surface area contributed by atoms with E-state index in [0.29, 0.717) is 12.2 Å². The van der Waals surface area contributed by atoms with Gasteiger partial charge in [-0.3, -0.25) is 4.79 Å². The van der Waals surface area contributed by atoms with Crippen molar-refractivity contribution >= 4 is 30.2 Å². The highest BCUT2D eigenvalue weighted by Gasteiger charge is 2.34. The van der Waals surface area contributed by atoms with Crippen LogP contribution in [0, 0.1) is 13.8 Å². The predicted molar refractivity (Wildman–Crippen MR) is 105 cm³/mol. The summed E-state index contributed by atoms with van der Waals surface area (Å²) in [6, 6.07) is 1.12. The van der Waals surface area contributed by atoms with Gasteiger partial charge in [0, 0.05) is 17.2 Å². The van der Waals surface area contributed by atoms with E-state index in [9.17, 15) is 44.4 Å². The fourth-order valence-corrected chi connectivity index (χ4v) is 3.30. The number of aromatic carboxylic acids is 1.